The SMILES string of the molecule is CC(C)n1cncc1COCCC1CCNC1. The van der Waals surface area contributed by atoms with Crippen LogP contribution in [0.25, 0.3) is 0 Å². The fourth-order valence-electron chi connectivity index (χ4n) is 2.30. The van der Waals surface area contributed by atoms with Crippen LogP contribution in [0.5, 0.6) is 0 Å². The molecule has 1 aromatic rings. The first kappa shape index (κ1) is 12.6. The third-order valence-electron chi connectivity index (χ3n) is 3.39. The Hall–Kier alpha value is -0.870. The van der Waals surface area contributed by atoms with Crippen LogP contribution in [-0.2, 0) is 11.3 Å². The molecule has 4 heteroatoms. The fraction of sp³-hybridized carbons (Fsp3) is 0.769. The summed E-state index contributed by atoms with van der Waals surface area (Å²) < 4.78 is 7.91. The van der Waals surface area contributed by atoms with E-state index in [4.69, 9.17) is 4.74 Å². The summed E-state index contributed by atoms with van der Waals surface area (Å²) in [7, 11) is 0. The van der Waals surface area contributed by atoms with Crippen LogP contribution in [0, 0.1) is 5.92 Å². The Kier molecular flexibility index (Phi) is 4.57. The first-order valence-electron chi connectivity index (χ1n) is 6.56. The summed E-state index contributed by atoms with van der Waals surface area (Å²) in [4.78, 5) is 4.17. The molecule has 2 rings (SSSR count). The van der Waals surface area contributed by atoms with Crippen molar-refractivity contribution in [3.63, 3.8) is 0 Å². The summed E-state index contributed by atoms with van der Waals surface area (Å²) in [6.07, 6.45) is 6.25. The zero-order chi connectivity index (χ0) is 12.1. The first-order chi connectivity index (χ1) is 8.27. The number of imidazole rings is 1. The van der Waals surface area contributed by atoms with Gasteiger partial charge in [0, 0.05) is 12.6 Å². The van der Waals surface area contributed by atoms with Gasteiger partial charge in [-0.05, 0) is 45.7 Å². The number of nitrogens with one attached hydrogen (secondary N) is 1. The molecule has 0 radical (unpaired) electrons. The molecule has 0 saturated carbocycles. The molecule has 1 aliphatic heterocycles. The number of hydrogen-bond acceptors (Lipinski definition) is 3. The number of hydrogen-bond donors (Lipinski definition) is 1. The van der Waals surface area contributed by atoms with Crippen LogP contribution in [0.15, 0.2) is 12.5 Å². The maximum Gasteiger partial charge on any atom is 0.0951 e. The molecule has 4 nitrogen and oxygen atoms in total. The minimum absolute atomic E-state index is 0.454. The van der Waals surface area contributed by atoms with Gasteiger partial charge in [-0.15, -0.1) is 0 Å². The van der Waals surface area contributed by atoms with Crippen LogP contribution in [-0.4, -0.2) is 29.2 Å². The molecule has 96 valence electrons. The van der Waals surface area contributed by atoms with Gasteiger partial charge in [0.15, 0.2) is 0 Å². The highest BCUT2D eigenvalue weighted by molar-refractivity contribution is 4.97. The Morgan fingerprint density at radius 3 is 3.18 bits per heavy atom. The molecular formula is C13H23N3O. The average molecular weight is 237 g/mol. The van der Waals surface area contributed by atoms with Gasteiger partial charge in [0.25, 0.3) is 0 Å². The molecule has 1 aromatic heterocycles. The second-order valence-electron chi connectivity index (χ2n) is 5.09. The van der Waals surface area contributed by atoms with Crippen molar-refractivity contribution < 1.29 is 4.74 Å². The fourth-order valence-corrected chi connectivity index (χ4v) is 2.30. The van der Waals surface area contributed by atoms with Gasteiger partial charge in [-0.2, -0.15) is 0 Å². The standard InChI is InChI=1S/C13H23N3O/c1-11(2)16-10-15-8-13(16)9-17-6-4-12-3-5-14-7-12/h8,10-12,14H,3-7,9H2,1-2H3. The van der Waals surface area contributed by atoms with Crippen LogP contribution >= 0.6 is 0 Å². The van der Waals surface area contributed by atoms with E-state index in [0.717, 1.165) is 19.1 Å². The number of aromatic nitrogens is 2. The minimum Gasteiger partial charge on any atom is -0.375 e. The lowest BCUT2D eigenvalue weighted by atomic mass is 10.1. The highest BCUT2D eigenvalue weighted by Crippen LogP contribution is 2.13. The predicted octanol–water partition coefficient (Wildman–Crippen LogP) is 1.98. The normalized spacial score (nSPS) is 20.3. The van der Waals surface area contributed by atoms with Crippen molar-refractivity contribution in [3.05, 3.63) is 18.2 Å². The average Bonchev–Trinajstić information content (AvgIpc) is 2.95. The van der Waals surface area contributed by atoms with E-state index in [9.17, 15) is 0 Å². The topological polar surface area (TPSA) is 39.1 Å². The number of rotatable bonds is 6. The Morgan fingerprint density at radius 2 is 2.47 bits per heavy atom. The summed E-state index contributed by atoms with van der Waals surface area (Å²) in [5, 5.41) is 3.38. The molecule has 0 aliphatic carbocycles. The van der Waals surface area contributed by atoms with Crippen molar-refractivity contribution in [2.24, 2.45) is 5.92 Å². The molecule has 1 unspecified atom stereocenters. The largest absolute Gasteiger partial charge is 0.375 e. The lowest BCUT2D eigenvalue weighted by Gasteiger charge is -2.12. The number of nitrogens with zero attached hydrogens (tertiary/aromatic N) is 2. The second kappa shape index (κ2) is 6.17. The summed E-state index contributed by atoms with van der Waals surface area (Å²) in [5.74, 6) is 0.810. The van der Waals surface area contributed by atoms with Gasteiger partial charge < -0.3 is 14.6 Å². The van der Waals surface area contributed by atoms with Gasteiger partial charge in [0.05, 0.1) is 24.8 Å². The third kappa shape index (κ3) is 3.54. The van der Waals surface area contributed by atoms with Gasteiger partial charge in [-0.25, -0.2) is 4.98 Å². The highest BCUT2D eigenvalue weighted by Gasteiger charge is 2.13. The van der Waals surface area contributed by atoms with Crippen LogP contribution in [0.4, 0.5) is 0 Å². The molecule has 17 heavy (non-hydrogen) atoms. The van der Waals surface area contributed by atoms with Crippen LogP contribution in [0.3, 0.4) is 0 Å². The van der Waals surface area contributed by atoms with Crippen molar-refractivity contribution in [1.29, 1.82) is 0 Å². The van der Waals surface area contributed by atoms with Crippen molar-refractivity contribution in [2.45, 2.75) is 39.3 Å². The maximum absolute atomic E-state index is 5.74. The van der Waals surface area contributed by atoms with E-state index in [-0.39, 0.29) is 0 Å². The van der Waals surface area contributed by atoms with Gasteiger partial charge in [0.1, 0.15) is 0 Å². The molecule has 1 N–H and O–H groups in total. The lowest BCUT2D eigenvalue weighted by Crippen LogP contribution is -2.11. The minimum atomic E-state index is 0.454. The van der Waals surface area contributed by atoms with Gasteiger partial charge in [-0.1, -0.05) is 0 Å². The molecule has 0 spiro atoms. The number of ether oxygens (including phenoxy) is 1. The highest BCUT2D eigenvalue weighted by atomic mass is 16.5. The smallest absolute Gasteiger partial charge is 0.0951 e. The molecular weight excluding hydrogens is 214 g/mol. The quantitative estimate of drug-likeness (QED) is 0.769. The molecule has 0 aromatic carbocycles. The van der Waals surface area contributed by atoms with Gasteiger partial charge in [0.2, 0.25) is 0 Å². The van der Waals surface area contributed by atoms with Crippen molar-refractivity contribution in [3.8, 4) is 0 Å². The van der Waals surface area contributed by atoms with Crippen molar-refractivity contribution in [1.82, 2.24) is 14.9 Å². The summed E-state index contributed by atoms with van der Waals surface area (Å²) >= 11 is 0. The van der Waals surface area contributed by atoms with Crippen LogP contribution in [0.2, 0.25) is 0 Å². The van der Waals surface area contributed by atoms with Crippen molar-refractivity contribution >= 4 is 0 Å². The Balaban J connectivity index is 1.68. The van der Waals surface area contributed by atoms with E-state index < -0.39 is 0 Å². The maximum atomic E-state index is 5.74. The molecule has 1 fully saturated rings. The third-order valence-corrected chi connectivity index (χ3v) is 3.39. The lowest BCUT2D eigenvalue weighted by molar-refractivity contribution is 0.104. The van der Waals surface area contributed by atoms with Gasteiger partial charge in [-0.3, -0.25) is 0 Å². The zero-order valence-electron chi connectivity index (χ0n) is 10.9. The molecule has 2 heterocycles. The van der Waals surface area contributed by atoms with E-state index in [1.54, 1.807) is 0 Å². The first-order valence-corrected chi connectivity index (χ1v) is 6.56. The van der Waals surface area contributed by atoms with Crippen LogP contribution in [0.1, 0.15) is 38.4 Å². The van der Waals surface area contributed by atoms with E-state index in [2.05, 4.69) is 28.7 Å². The summed E-state index contributed by atoms with van der Waals surface area (Å²) in [5.41, 5.74) is 1.17. The molecule has 0 bridgehead atoms. The molecule has 1 atom stereocenters. The van der Waals surface area contributed by atoms with E-state index in [1.807, 2.05) is 12.5 Å². The Labute approximate surface area is 103 Å². The molecule has 1 saturated heterocycles. The monoisotopic (exact) mass is 237 g/mol. The summed E-state index contributed by atoms with van der Waals surface area (Å²) in [6.45, 7) is 8.19. The van der Waals surface area contributed by atoms with E-state index in [0.29, 0.717) is 12.6 Å². The Morgan fingerprint density at radius 1 is 1.59 bits per heavy atom. The van der Waals surface area contributed by atoms with Crippen LogP contribution < -0.4 is 5.32 Å². The second-order valence-corrected chi connectivity index (χ2v) is 5.09. The van der Waals surface area contributed by atoms with Crippen molar-refractivity contribution in [2.75, 3.05) is 19.7 Å². The predicted molar refractivity (Wildman–Crippen MR) is 67.9 cm³/mol. The van der Waals surface area contributed by atoms with E-state index in [1.165, 1.54) is 25.1 Å². The zero-order valence-corrected chi connectivity index (χ0v) is 10.9. The Bertz CT molecular complexity index is 329. The van der Waals surface area contributed by atoms with E-state index >= 15 is 0 Å². The molecule has 0 amide bonds. The summed E-state index contributed by atoms with van der Waals surface area (Å²) in [6, 6.07) is 0.454. The molecule has 1 aliphatic rings. The van der Waals surface area contributed by atoms with Gasteiger partial charge >= 0.3 is 0 Å².